The second-order valence-corrected chi connectivity index (χ2v) is 19.1. The molecule has 76 heavy (non-hydrogen) atoms. The maximum atomic E-state index is 14.2. The van der Waals surface area contributed by atoms with Crippen LogP contribution in [0.5, 0.6) is 17.2 Å². The van der Waals surface area contributed by atoms with Crippen LogP contribution < -0.4 is 35.7 Å². The van der Waals surface area contributed by atoms with Gasteiger partial charge >= 0.3 is 18.0 Å². The van der Waals surface area contributed by atoms with Crippen molar-refractivity contribution in [3.05, 3.63) is 68.5 Å². The van der Waals surface area contributed by atoms with E-state index in [-0.39, 0.29) is 122 Å². The van der Waals surface area contributed by atoms with E-state index < -0.39 is 84.2 Å². The van der Waals surface area contributed by atoms with Crippen molar-refractivity contribution in [2.75, 3.05) is 37.1 Å². The first-order valence-corrected chi connectivity index (χ1v) is 24.8. The second kappa shape index (κ2) is 21.5. The highest BCUT2D eigenvalue weighted by atomic mass is 16.7. The molecular weight excluding hydrogens is 1000 g/mol. The highest BCUT2D eigenvalue weighted by molar-refractivity contribution is 6.07. The van der Waals surface area contributed by atoms with Crippen LogP contribution in [0, 0.1) is 5.92 Å². The Bertz CT molecular complexity index is 3120. The molecule has 7 heterocycles. The van der Waals surface area contributed by atoms with Crippen LogP contribution in [0.4, 0.5) is 16.2 Å². The van der Waals surface area contributed by atoms with Gasteiger partial charge in [-0.3, -0.25) is 34.2 Å². The zero-order valence-electron chi connectivity index (χ0n) is 41.5. The van der Waals surface area contributed by atoms with Crippen LogP contribution in [0.2, 0.25) is 0 Å². The van der Waals surface area contributed by atoms with Gasteiger partial charge in [0.15, 0.2) is 23.2 Å². The fourth-order valence-electron chi connectivity index (χ4n) is 10.00. The first-order chi connectivity index (χ1) is 36.3. The van der Waals surface area contributed by atoms with E-state index in [2.05, 4.69) is 16.0 Å². The molecular formula is C51H56N6O19. The summed E-state index contributed by atoms with van der Waals surface area (Å²) in [6.45, 7) is 4.34. The number of nitrogens with zero attached hydrogens (tertiary/aromatic N) is 3. The number of rotatable bonds is 17. The first-order valence-electron chi connectivity index (χ1n) is 24.8. The molecule has 7 atom stereocenters. The third-order valence-corrected chi connectivity index (χ3v) is 14.1. The number of amides is 5. The maximum Gasteiger partial charge on any atom is 0.412 e. The number of carboxylic acids is 1. The van der Waals surface area contributed by atoms with Gasteiger partial charge in [-0.1, -0.05) is 33.3 Å². The Morgan fingerprint density at radius 1 is 0.934 bits per heavy atom. The van der Waals surface area contributed by atoms with Gasteiger partial charge < -0.3 is 69.2 Å². The first kappa shape index (κ1) is 53.1. The molecule has 2 saturated heterocycles. The summed E-state index contributed by atoms with van der Waals surface area (Å²) in [5, 5.41) is 61.1. The number of carbonyl (C=O) groups excluding carboxylic acids is 6. The number of carbonyl (C=O) groups is 7. The number of carboxylic acid groups (broad SMARTS) is 1. The van der Waals surface area contributed by atoms with Crippen LogP contribution >= 0.6 is 0 Å². The lowest BCUT2D eigenvalue weighted by Crippen LogP contribution is -2.61. The molecule has 404 valence electrons. The summed E-state index contributed by atoms with van der Waals surface area (Å²) in [6.07, 6.45) is -9.30. The van der Waals surface area contributed by atoms with E-state index in [9.17, 15) is 63.9 Å². The van der Waals surface area contributed by atoms with Gasteiger partial charge in [0.2, 0.25) is 36.7 Å². The number of esters is 1. The largest absolute Gasteiger partial charge is 0.479 e. The van der Waals surface area contributed by atoms with E-state index in [4.69, 9.17) is 33.4 Å². The average molecular weight is 1060 g/mol. The predicted molar refractivity (Wildman–Crippen MR) is 261 cm³/mol. The van der Waals surface area contributed by atoms with Gasteiger partial charge in [-0.25, -0.2) is 19.4 Å². The maximum absolute atomic E-state index is 14.2. The Morgan fingerprint density at radius 3 is 2.45 bits per heavy atom. The van der Waals surface area contributed by atoms with Crippen molar-refractivity contribution in [3.8, 4) is 28.6 Å². The Balaban J connectivity index is 0.965. The number of nitrogens with one attached hydrogen (secondary N) is 3. The molecule has 5 amide bonds. The molecule has 0 spiro atoms. The lowest BCUT2D eigenvalue weighted by Gasteiger charge is -2.38. The van der Waals surface area contributed by atoms with E-state index in [0.717, 1.165) is 16.9 Å². The summed E-state index contributed by atoms with van der Waals surface area (Å²) in [4.78, 5) is 109. The number of anilines is 2. The van der Waals surface area contributed by atoms with Gasteiger partial charge in [0.05, 0.1) is 35.7 Å². The normalized spacial score (nSPS) is 23.3. The van der Waals surface area contributed by atoms with Crippen LogP contribution in [0.1, 0.15) is 87.1 Å². The molecule has 9 rings (SSSR count). The fourth-order valence-corrected chi connectivity index (χ4v) is 10.00. The number of aliphatic hydroxyl groups is 4. The third kappa shape index (κ3) is 9.98. The predicted octanol–water partition coefficient (Wildman–Crippen LogP) is 1.44. The molecule has 8 N–H and O–H groups in total. The highest BCUT2D eigenvalue weighted by Gasteiger charge is 2.49. The van der Waals surface area contributed by atoms with Crippen LogP contribution in [-0.2, 0) is 74.6 Å². The number of fused-ring (bicyclic) bond motifs is 6. The van der Waals surface area contributed by atoms with Gasteiger partial charge in [0.1, 0.15) is 36.4 Å². The average Bonchev–Trinajstić information content (AvgIpc) is 4.13. The quantitative estimate of drug-likeness (QED) is 0.0482. The third-order valence-electron chi connectivity index (χ3n) is 14.1. The number of unbranched alkanes of at least 4 members (excludes halogenated alkanes) is 1. The molecule has 0 radical (unpaired) electrons. The number of pyridine rings is 2. The van der Waals surface area contributed by atoms with E-state index in [1.165, 1.54) is 18.2 Å². The standard InChI is InChI=1S/C51H56N6O19/c1-4-6-7-25-27-20-57-31(18-28-26(46(57)65)12-15-71-49(68)51(28,70)5-2)38(27)54-30-19-33-43(74-22-73-33)39(37(25)30)55-50(69)72-21-24-8-9-32(75-48-42(63)40(61)41(62)44(76-48)47(66)67)29(17-24)53-35(59)10-13-52-34(58)11-14-56-36(60)16-23(3)45(56)64/h8-9,17-19,23,40-42,44,48,61-63,70H,4-7,10-16,20-22H2,1-3H3,(H,52,58)(H,53,59)(H,55,69)(H,66,67)/t23?,40-,41-,42+,44-,48+,51-/m0/s1. The Labute approximate surface area is 432 Å². The summed E-state index contributed by atoms with van der Waals surface area (Å²) in [5.74, 6) is -4.74. The molecule has 2 aromatic heterocycles. The number of likely N-dealkylation sites (tertiary alicyclic amines) is 1. The van der Waals surface area contributed by atoms with Gasteiger partial charge in [0, 0.05) is 72.8 Å². The van der Waals surface area contributed by atoms with Crippen LogP contribution in [0.25, 0.3) is 22.3 Å². The number of aryl methyl sites for hydroxylation is 1. The minimum absolute atomic E-state index is 0.0383. The van der Waals surface area contributed by atoms with Gasteiger partial charge in [-0.15, -0.1) is 0 Å². The summed E-state index contributed by atoms with van der Waals surface area (Å²) in [5.41, 5.74) is 0.945. The zero-order valence-corrected chi connectivity index (χ0v) is 41.5. The molecule has 5 aliphatic rings. The minimum atomic E-state index is -2.06. The molecule has 25 nitrogen and oxygen atoms in total. The lowest BCUT2D eigenvalue weighted by molar-refractivity contribution is -0.271. The number of benzene rings is 2. The van der Waals surface area contributed by atoms with Gasteiger partial charge in [0.25, 0.3) is 5.56 Å². The van der Waals surface area contributed by atoms with E-state index in [1.54, 1.807) is 30.5 Å². The van der Waals surface area contributed by atoms with Gasteiger partial charge in [-0.2, -0.15) is 0 Å². The number of hydrogen-bond acceptors (Lipinski definition) is 19. The SMILES string of the molecule is CCCCc1c2c(nc3cc4c(c(NC(=O)OCc5ccc(O[C@@H]6O[C@H](C(=O)O)[C@@H](O)[C@H](O)[C@H]6O)c(NC(=O)CCNC(=O)CCN6C(=O)CC(C)C6=O)c5)c13)OCO4)-c1cc3c(c(=O)n1C2)CCOC(=O)[C@]3(O)CC. The van der Waals surface area contributed by atoms with Gasteiger partial charge in [-0.05, 0) is 48.6 Å². The summed E-state index contributed by atoms with van der Waals surface area (Å²) in [6, 6.07) is 7.32. The summed E-state index contributed by atoms with van der Waals surface area (Å²) < 4.78 is 35.3. The molecule has 4 aromatic rings. The van der Waals surface area contributed by atoms with Crippen LogP contribution in [-0.4, -0.2) is 139 Å². The van der Waals surface area contributed by atoms with E-state index in [1.807, 2.05) is 6.92 Å². The van der Waals surface area contributed by atoms with Crippen LogP contribution in [0.3, 0.4) is 0 Å². The van der Waals surface area contributed by atoms with Crippen molar-refractivity contribution in [1.82, 2.24) is 19.8 Å². The Kier molecular flexibility index (Phi) is 15.0. The second-order valence-electron chi connectivity index (χ2n) is 19.1. The smallest absolute Gasteiger partial charge is 0.412 e. The fraction of sp³-hybridized carbons (Fsp3) is 0.471. The molecule has 5 aliphatic heterocycles. The minimum Gasteiger partial charge on any atom is -0.479 e. The topological polar surface area (TPSA) is 350 Å². The zero-order chi connectivity index (χ0) is 54.3. The van der Waals surface area contributed by atoms with E-state index >= 15 is 0 Å². The Hall–Kier alpha value is -7.71. The number of hydrogen-bond donors (Lipinski definition) is 8. The number of cyclic esters (lactones) is 1. The molecule has 0 aliphatic carbocycles. The molecule has 25 heteroatoms. The number of aromatic nitrogens is 2. The van der Waals surface area contributed by atoms with Crippen molar-refractivity contribution in [3.63, 3.8) is 0 Å². The molecule has 2 fully saturated rings. The Morgan fingerprint density at radius 2 is 1.72 bits per heavy atom. The van der Waals surface area contributed by atoms with E-state index in [0.29, 0.717) is 40.7 Å². The van der Waals surface area contributed by atoms with Crippen LogP contribution in [0.15, 0.2) is 35.1 Å². The van der Waals surface area contributed by atoms with Crippen molar-refractivity contribution in [2.45, 2.75) is 122 Å². The monoisotopic (exact) mass is 1060 g/mol. The van der Waals surface area contributed by atoms with Crippen molar-refractivity contribution in [1.29, 1.82) is 0 Å². The number of ether oxygens (including phenoxy) is 6. The lowest BCUT2D eigenvalue weighted by atomic mass is 9.87. The van der Waals surface area contributed by atoms with Crippen molar-refractivity contribution >= 4 is 63.9 Å². The number of aliphatic carboxylic acids is 1. The summed E-state index contributed by atoms with van der Waals surface area (Å²) in [7, 11) is 0. The van der Waals surface area contributed by atoms with Crippen molar-refractivity contribution in [2.24, 2.45) is 5.92 Å². The summed E-state index contributed by atoms with van der Waals surface area (Å²) >= 11 is 0. The number of imide groups is 1. The molecule has 0 saturated carbocycles. The van der Waals surface area contributed by atoms with Crippen molar-refractivity contribution < 1.29 is 87.5 Å². The molecule has 1 unspecified atom stereocenters. The molecule has 0 bridgehead atoms. The number of aliphatic hydroxyl groups excluding tert-OH is 3. The molecule has 2 aromatic carbocycles. The highest BCUT2D eigenvalue weighted by Crippen LogP contribution is 2.49.